The minimum Gasteiger partial charge on any atom is -0.310 e. The van der Waals surface area contributed by atoms with Gasteiger partial charge in [0.05, 0.1) is 16.7 Å². The first-order valence-corrected chi connectivity index (χ1v) is 5.48. The van der Waals surface area contributed by atoms with E-state index < -0.39 is 0 Å². The number of carbonyl (C=O) groups excluding carboxylic acids is 1. The van der Waals surface area contributed by atoms with E-state index in [9.17, 15) is 4.79 Å². The Bertz CT molecular complexity index is 367. The van der Waals surface area contributed by atoms with E-state index in [1.54, 1.807) is 17.3 Å². The van der Waals surface area contributed by atoms with E-state index in [0.29, 0.717) is 0 Å². The Labute approximate surface area is 91.3 Å². The molecule has 1 unspecified atom stereocenters. The summed E-state index contributed by atoms with van der Waals surface area (Å²) in [7, 11) is 0. The Morgan fingerprint density at radius 3 is 3.00 bits per heavy atom. The van der Waals surface area contributed by atoms with Crippen LogP contribution < -0.4 is 4.90 Å². The van der Waals surface area contributed by atoms with Crippen LogP contribution in [0.25, 0.3) is 0 Å². The summed E-state index contributed by atoms with van der Waals surface area (Å²) in [6.07, 6.45) is 4.36. The van der Waals surface area contributed by atoms with Gasteiger partial charge < -0.3 is 4.90 Å². The van der Waals surface area contributed by atoms with E-state index in [1.165, 1.54) is 0 Å². The Hall–Kier alpha value is -0.900. The molecule has 0 saturated carbocycles. The van der Waals surface area contributed by atoms with E-state index >= 15 is 0 Å². The monoisotopic (exact) mass is 254 g/mol. The Morgan fingerprint density at radius 2 is 2.43 bits per heavy atom. The second-order valence-electron chi connectivity index (χ2n) is 3.41. The molecule has 2 heterocycles. The van der Waals surface area contributed by atoms with Crippen LogP contribution in [0.1, 0.15) is 12.0 Å². The number of alkyl halides is 1. The molecule has 0 spiro atoms. The molecule has 1 amide bonds. The van der Waals surface area contributed by atoms with Gasteiger partial charge in [0.2, 0.25) is 5.91 Å². The van der Waals surface area contributed by atoms with Crippen molar-refractivity contribution in [3.63, 3.8) is 0 Å². The van der Waals surface area contributed by atoms with Gasteiger partial charge in [0.1, 0.15) is 0 Å². The second kappa shape index (κ2) is 3.69. The SMILES string of the molecule is Cc1ccncc1N1CCC(Br)C1=O. The molecule has 0 aliphatic carbocycles. The predicted octanol–water partition coefficient (Wildman–Crippen LogP) is 1.89. The third kappa shape index (κ3) is 1.54. The minimum atomic E-state index is -0.0258. The van der Waals surface area contributed by atoms with Crippen LogP contribution in [-0.4, -0.2) is 22.3 Å². The molecule has 1 atom stereocenters. The number of rotatable bonds is 1. The van der Waals surface area contributed by atoms with Gasteiger partial charge in [-0.1, -0.05) is 15.9 Å². The summed E-state index contributed by atoms with van der Waals surface area (Å²) >= 11 is 3.35. The summed E-state index contributed by atoms with van der Waals surface area (Å²) < 4.78 is 0. The molecule has 0 aromatic carbocycles. The maximum absolute atomic E-state index is 11.7. The Balaban J connectivity index is 2.33. The zero-order chi connectivity index (χ0) is 10.1. The van der Waals surface area contributed by atoms with E-state index in [1.807, 2.05) is 13.0 Å². The van der Waals surface area contributed by atoms with Crippen molar-refractivity contribution in [2.24, 2.45) is 0 Å². The highest BCUT2D eigenvalue weighted by atomic mass is 79.9. The summed E-state index contributed by atoms with van der Waals surface area (Å²) in [5, 5.41) is 0. The van der Waals surface area contributed by atoms with Crippen LogP contribution in [0.2, 0.25) is 0 Å². The standard InChI is InChI=1S/C10H11BrN2O/c1-7-2-4-12-6-9(7)13-5-3-8(11)10(13)14/h2,4,6,8H,3,5H2,1H3. The lowest BCUT2D eigenvalue weighted by Gasteiger charge is -2.17. The topological polar surface area (TPSA) is 33.2 Å². The van der Waals surface area contributed by atoms with Crippen molar-refractivity contribution in [1.82, 2.24) is 4.98 Å². The minimum absolute atomic E-state index is 0.0258. The molecule has 2 rings (SSSR count). The van der Waals surface area contributed by atoms with Crippen molar-refractivity contribution in [1.29, 1.82) is 0 Å². The molecule has 1 aliphatic rings. The molecule has 1 saturated heterocycles. The third-order valence-electron chi connectivity index (χ3n) is 2.44. The Morgan fingerprint density at radius 1 is 1.64 bits per heavy atom. The van der Waals surface area contributed by atoms with Crippen LogP contribution in [0.3, 0.4) is 0 Å². The maximum atomic E-state index is 11.7. The van der Waals surface area contributed by atoms with Gasteiger partial charge in [-0.3, -0.25) is 9.78 Å². The lowest BCUT2D eigenvalue weighted by molar-refractivity contribution is -0.116. The summed E-state index contributed by atoms with van der Waals surface area (Å²) in [6.45, 7) is 2.77. The predicted molar refractivity (Wildman–Crippen MR) is 58.7 cm³/mol. The normalized spacial score (nSPS) is 21.7. The van der Waals surface area contributed by atoms with Crippen LogP contribution >= 0.6 is 15.9 Å². The van der Waals surface area contributed by atoms with E-state index in [0.717, 1.165) is 24.2 Å². The Kier molecular flexibility index (Phi) is 2.54. The highest BCUT2D eigenvalue weighted by Crippen LogP contribution is 2.26. The molecular formula is C10H11BrN2O. The van der Waals surface area contributed by atoms with Crippen molar-refractivity contribution in [2.45, 2.75) is 18.2 Å². The molecule has 1 fully saturated rings. The van der Waals surface area contributed by atoms with Crippen LogP contribution in [0.5, 0.6) is 0 Å². The third-order valence-corrected chi connectivity index (χ3v) is 3.29. The number of pyridine rings is 1. The molecule has 1 aromatic rings. The number of anilines is 1. The van der Waals surface area contributed by atoms with Crippen molar-refractivity contribution >= 4 is 27.5 Å². The average Bonchev–Trinajstić information content (AvgIpc) is 2.49. The first-order chi connectivity index (χ1) is 6.70. The van der Waals surface area contributed by atoms with Gasteiger partial charge in [-0.15, -0.1) is 0 Å². The van der Waals surface area contributed by atoms with Gasteiger partial charge >= 0.3 is 0 Å². The highest BCUT2D eigenvalue weighted by Gasteiger charge is 2.31. The molecule has 0 radical (unpaired) electrons. The smallest absolute Gasteiger partial charge is 0.240 e. The molecule has 1 aromatic heterocycles. The number of hydrogen-bond acceptors (Lipinski definition) is 2. The van der Waals surface area contributed by atoms with Crippen LogP contribution in [0.15, 0.2) is 18.5 Å². The first kappa shape index (κ1) is 9.65. The van der Waals surface area contributed by atoms with Crippen LogP contribution in [-0.2, 0) is 4.79 Å². The fraction of sp³-hybridized carbons (Fsp3) is 0.400. The number of aryl methyl sites for hydroxylation is 1. The second-order valence-corrected chi connectivity index (χ2v) is 4.51. The van der Waals surface area contributed by atoms with Gasteiger partial charge in [0.15, 0.2) is 0 Å². The number of amides is 1. The van der Waals surface area contributed by atoms with Crippen LogP contribution in [0, 0.1) is 6.92 Å². The van der Waals surface area contributed by atoms with Crippen molar-refractivity contribution < 1.29 is 4.79 Å². The molecule has 3 nitrogen and oxygen atoms in total. The van der Waals surface area contributed by atoms with Gasteiger partial charge in [0, 0.05) is 12.7 Å². The molecule has 14 heavy (non-hydrogen) atoms. The number of carbonyl (C=O) groups is 1. The molecular weight excluding hydrogens is 244 g/mol. The fourth-order valence-electron chi connectivity index (χ4n) is 1.62. The summed E-state index contributed by atoms with van der Waals surface area (Å²) in [4.78, 5) is 17.5. The summed E-state index contributed by atoms with van der Waals surface area (Å²) in [5.41, 5.74) is 2.02. The van der Waals surface area contributed by atoms with Crippen molar-refractivity contribution in [2.75, 3.05) is 11.4 Å². The zero-order valence-electron chi connectivity index (χ0n) is 7.90. The van der Waals surface area contributed by atoms with E-state index in [2.05, 4.69) is 20.9 Å². The molecule has 74 valence electrons. The molecule has 0 N–H and O–H groups in total. The number of nitrogens with zero attached hydrogens (tertiary/aromatic N) is 2. The quantitative estimate of drug-likeness (QED) is 0.718. The van der Waals surface area contributed by atoms with E-state index in [-0.39, 0.29) is 10.7 Å². The number of hydrogen-bond donors (Lipinski definition) is 0. The first-order valence-electron chi connectivity index (χ1n) is 4.56. The highest BCUT2D eigenvalue weighted by molar-refractivity contribution is 9.10. The largest absolute Gasteiger partial charge is 0.310 e. The summed E-state index contributed by atoms with van der Waals surface area (Å²) in [6, 6.07) is 1.92. The number of aromatic nitrogens is 1. The fourth-order valence-corrected chi connectivity index (χ4v) is 2.07. The zero-order valence-corrected chi connectivity index (χ0v) is 9.49. The lowest BCUT2D eigenvalue weighted by atomic mass is 10.2. The molecule has 0 bridgehead atoms. The van der Waals surface area contributed by atoms with Crippen LogP contribution in [0.4, 0.5) is 5.69 Å². The average molecular weight is 255 g/mol. The summed E-state index contributed by atoms with van der Waals surface area (Å²) in [5.74, 6) is 0.140. The maximum Gasteiger partial charge on any atom is 0.240 e. The van der Waals surface area contributed by atoms with E-state index in [4.69, 9.17) is 0 Å². The molecule has 4 heteroatoms. The van der Waals surface area contributed by atoms with Gasteiger partial charge in [-0.05, 0) is 25.0 Å². The molecule has 1 aliphatic heterocycles. The van der Waals surface area contributed by atoms with Crippen molar-refractivity contribution in [3.05, 3.63) is 24.0 Å². The lowest BCUT2D eigenvalue weighted by Crippen LogP contribution is -2.27. The van der Waals surface area contributed by atoms with Gasteiger partial charge in [-0.2, -0.15) is 0 Å². The van der Waals surface area contributed by atoms with Gasteiger partial charge in [-0.25, -0.2) is 0 Å². The van der Waals surface area contributed by atoms with Gasteiger partial charge in [0.25, 0.3) is 0 Å². The number of halogens is 1. The van der Waals surface area contributed by atoms with Crippen molar-refractivity contribution in [3.8, 4) is 0 Å².